The van der Waals surface area contributed by atoms with E-state index in [0.717, 1.165) is 55.7 Å². The number of benzene rings is 11. The molecule has 62 heavy (non-hydrogen) atoms. The fourth-order valence-corrected chi connectivity index (χ4v) is 9.56. The van der Waals surface area contributed by atoms with Crippen LogP contribution in [0.25, 0.3) is 98.8 Å². The Morgan fingerprint density at radius 3 is 1.66 bits per heavy atom. The van der Waals surface area contributed by atoms with Gasteiger partial charge in [-0.2, -0.15) is 0 Å². The Morgan fingerprint density at radius 2 is 0.855 bits per heavy atom. The minimum absolute atomic E-state index is 0.863. The SMILES string of the molecule is c1ccc(-c2ccc(-c3ccc(N(c4cccc5ccc6ccccc6c45)c4ccc(-c5cccc6ccccc56)c5oc6ccccc6c45)cc3)c(-c3ccccc3)c2)cc1. The summed E-state index contributed by atoms with van der Waals surface area (Å²) in [6.45, 7) is 0. The van der Waals surface area contributed by atoms with Crippen molar-refractivity contribution in [1.82, 2.24) is 0 Å². The van der Waals surface area contributed by atoms with Gasteiger partial charge < -0.3 is 9.32 Å². The maximum atomic E-state index is 6.95. The Kier molecular flexibility index (Phi) is 8.53. The van der Waals surface area contributed by atoms with E-state index in [1.165, 1.54) is 60.1 Å². The van der Waals surface area contributed by atoms with Gasteiger partial charge in [0.25, 0.3) is 0 Å². The lowest BCUT2D eigenvalue weighted by Gasteiger charge is -2.28. The predicted octanol–water partition coefficient (Wildman–Crippen LogP) is 17.2. The second-order valence-corrected chi connectivity index (χ2v) is 16.0. The number of furan rings is 1. The van der Waals surface area contributed by atoms with E-state index >= 15 is 0 Å². The largest absolute Gasteiger partial charge is 0.455 e. The first-order valence-corrected chi connectivity index (χ1v) is 21.3. The molecule has 0 saturated carbocycles. The van der Waals surface area contributed by atoms with E-state index in [1.54, 1.807) is 0 Å². The van der Waals surface area contributed by atoms with Crippen molar-refractivity contribution in [3.8, 4) is 44.5 Å². The Hall–Kier alpha value is -8.20. The molecule has 0 N–H and O–H groups in total. The van der Waals surface area contributed by atoms with Crippen molar-refractivity contribution in [2.75, 3.05) is 4.90 Å². The molecular formula is C60H39NO. The first-order chi connectivity index (χ1) is 30.8. The number of hydrogen-bond donors (Lipinski definition) is 0. The van der Waals surface area contributed by atoms with Gasteiger partial charge in [0.2, 0.25) is 0 Å². The summed E-state index contributed by atoms with van der Waals surface area (Å²) in [6, 6.07) is 85.4. The van der Waals surface area contributed by atoms with E-state index in [2.05, 4.69) is 241 Å². The van der Waals surface area contributed by atoms with Crippen LogP contribution >= 0.6 is 0 Å². The van der Waals surface area contributed by atoms with Crippen LogP contribution in [0.2, 0.25) is 0 Å². The van der Waals surface area contributed by atoms with Crippen molar-refractivity contribution >= 4 is 71.3 Å². The summed E-state index contributed by atoms with van der Waals surface area (Å²) >= 11 is 0. The zero-order valence-corrected chi connectivity index (χ0v) is 33.9. The van der Waals surface area contributed by atoms with Gasteiger partial charge in [0.05, 0.1) is 16.8 Å². The molecule has 12 aromatic rings. The summed E-state index contributed by atoms with van der Waals surface area (Å²) < 4.78 is 6.95. The van der Waals surface area contributed by atoms with Crippen LogP contribution in [0.1, 0.15) is 0 Å². The van der Waals surface area contributed by atoms with Crippen molar-refractivity contribution in [1.29, 1.82) is 0 Å². The number of hydrogen-bond acceptors (Lipinski definition) is 2. The van der Waals surface area contributed by atoms with Crippen LogP contribution in [0, 0.1) is 0 Å². The third-order valence-corrected chi connectivity index (χ3v) is 12.5. The molecule has 0 saturated heterocycles. The number of anilines is 3. The molecule has 2 heteroatoms. The molecule has 12 rings (SSSR count). The summed E-state index contributed by atoms with van der Waals surface area (Å²) in [4.78, 5) is 2.45. The molecule has 0 aliphatic carbocycles. The summed E-state index contributed by atoms with van der Waals surface area (Å²) in [5, 5.41) is 9.38. The molecule has 0 amide bonds. The van der Waals surface area contributed by atoms with E-state index in [9.17, 15) is 0 Å². The Morgan fingerprint density at radius 1 is 0.290 bits per heavy atom. The molecule has 0 unspecified atom stereocenters. The van der Waals surface area contributed by atoms with E-state index in [0.29, 0.717) is 0 Å². The van der Waals surface area contributed by atoms with Crippen LogP contribution in [-0.4, -0.2) is 0 Å². The molecule has 2 nitrogen and oxygen atoms in total. The number of rotatable bonds is 7. The van der Waals surface area contributed by atoms with E-state index in [4.69, 9.17) is 4.42 Å². The van der Waals surface area contributed by atoms with Crippen LogP contribution in [0.15, 0.2) is 241 Å². The van der Waals surface area contributed by atoms with Crippen molar-refractivity contribution in [3.63, 3.8) is 0 Å². The van der Waals surface area contributed by atoms with Gasteiger partial charge in [-0.3, -0.25) is 0 Å². The summed E-state index contributed by atoms with van der Waals surface area (Å²) in [5.41, 5.74) is 14.3. The maximum absolute atomic E-state index is 6.95. The van der Waals surface area contributed by atoms with Gasteiger partial charge >= 0.3 is 0 Å². The smallest absolute Gasteiger partial charge is 0.145 e. The number of para-hydroxylation sites is 1. The van der Waals surface area contributed by atoms with Crippen molar-refractivity contribution in [2.24, 2.45) is 0 Å². The molecule has 11 aromatic carbocycles. The molecule has 0 spiro atoms. The first kappa shape index (κ1) is 35.7. The van der Waals surface area contributed by atoms with Crippen molar-refractivity contribution in [3.05, 3.63) is 237 Å². The highest BCUT2D eigenvalue weighted by Crippen LogP contribution is 2.49. The van der Waals surface area contributed by atoms with E-state index in [1.807, 2.05) is 0 Å². The standard InChI is InChI=1S/C60H39NO/c1-3-15-40(16-4-1)46-33-36-49(54(39-46)42-17-5-2-6-18-42)44-31-34-47(35-32-44)61(55-27-14-22-45-30-29-43-20-8-10-24-50(43)58(45)55)56-38-37-52(51-26-13-21-41-19-7-9-23-48(41)51)60-59(56)53-25-11-12-28-57(53)62-60/h1-39H. The molecule has 1 heterocycles. The molecular weight excluding hydrogens is 751 g/mol. The van der Waals surface area contributed by atoms with E-state index in [-0.39, 0.29) is 0 Å². The minimum atomic E-state index is 0.863. The Labute approximate surface area is 360 Å². The number of fused-ring (bicyclic) bond motifs is 7. The lowest BCUT2D eigenvalue weighted by Crippen LogP contribution is -2.11. The van der Waals surface area contributed by atoms with Crippen molar-refractivity contribution in [2.45, 2.75) is 0 Å². The summed E-state index contributed by atoms with van der Waals surface area (Å²) in [6.07, 6.45) is 0. The third-order valence-electron chi connectivity index (χ3n) is 12.5. The summed E-state index contributed by atoms with van der Waals surface area (Å²) in [5.74, 6) is 0. The van der Waals surface area contributed by atoms with Gasteiger partial charge in [-0.15, -0.1) is 0 Å². The molecule has 1 aromatic heterocycles. The van der Waals surface area contributed by atoms with Gasteiger partial charge in [0.15, 0.2) is 0 Å². The monoisotopic (exact) mass is 789 g/mol. The van der Waals surface area contributed by atoms with Crippen LogP contribution in [-0.2, 0) is 0 Å². The second kappa shape index (κ2) is 14.8. The normalized spacial score (nSPS) is 11.5. The zero-order valence-electron chi connectivity index (χ0n) is 33.9. The van der Waals surface area contributed by atoms with Crippen LogP contribution in [0.4, 0.5) is 17.1 Å². The lowest BCUT2D eigenvalue weighted by molar-refractivity contribution is 0.670. The van der Waals surface area contributed by atoms with Crippen LogP contribution < -0.4 is 4.90 Å². The molecule has 0 aliphatic rings. The average molecular weight is 790 g/mol. The summed E-state index contributed by atoms with van der Waals surface area (Å²) in [7, 11) is 0. The quantitative estimate of drug-likeness (QED) is 0.150. The van der Waals surface area contributed by atoms with Gasteiger partial charge in [-0.05, 0) is 108 Å². The highest BCUT2D eigenvalue weighted by Gasteiger charge is 2.24. The van der Waals surface area contributed by atoms with Crippen LogP contribution in [0.5, 0.6) is 0 Å². The molecule has 0 bridgehead atoms. The highest BCUT2D eigenvalue weighted by atomic mass is 16.3. The topological polar surface area (TPSA) is 16.4 Å². The highest BCUT2D eigenvalue weighted by molar-refractivity contribution is 6.21. The fourth-order valence-electron chi connectivity index (χ4n) is 9.56. The van der Waals surface area contributed by atoms with Gasteiger partial charge in [-0.25, -0.2) is 0 Å². The first-order valence-electron chi connectivity index (χ1n) is 21.3. The molecule has 0 fully saturated rings. The Balaban J connectivity index is 1.10. The third kappa shape index (κ3) is 5.96. The Bertz CT molecular complexity index is 3620. The number of nitrogens with zero attached hydrogens (tertiary/aromatic N) is 1. The van der Waals surface area contributed by atoms with Crippen LogP contribution in [0.3, 0.4) is 0 Å². The van der Waals surface area contributed by atoms with Gasteiger partial charge in [0.1, 0.15) is 11.2 Å². The fraction of sp³-hybridized carbons (Fsp3) is 0. The molecule has 290 valence electrons. The molecule has 0 aliphatic heterocycles. The predicted molar refractivity (Wildman–Crippen MR) is 263 cm³/mol. The van der Waals surface area contributed by atoms with E-state index < -0.39 is 0 Å². The van der Waals surface area contributed by atoms with Gasteiger partial charge in [-0.1, -0.05) is 194 Å². The zero-order chi connectivity index (χ0) is 41.0. The minimum Gasteiger partial charge on any atom is -0.455 e. The van der Waals surface area contributed by atoms with Crippen molar-refractivity contribution < 1.29 is 4.42 Å². The maximum Gasteiger partial charge on any atom is 0.145 e. The average Bonchev–Trinajstić information content (AvgIpc) is 3.75. The second-order valence-electron chi connectivity index (χ2n) is 16.0. The molecule has 0 atom stereocenters. The van der Waals surface area contributed by atoms with Gasteiger partial charge in [0, 0.05) is 22.0 Å². The lowest BCUT2D eigenvalue weighted by atomic mass is 9.91. The molecule has 0 radical (unpaired) electrons.